The lowest BCUT2D eigenvalue weighted by Gasteiger charge is -2.32. The second-order valence-corrected chi connectivity index (χ2v) is 12.1. The van der Waals surface area contributed by atoms with Gasteiger partial charge in [0, 0.05) is 23.3 Å². The number of carbonyl (C=O) groups excluding carboxylic acids is 4. The van der Waals surface area contributed by atoms with E-state index in [1.807, 2.05) is 6.07 Å². The van der Waals surface area contributed by atoms with Crippen LogP contribution in [0.2, 0.25) is 0 Å². The third kappa shape index (κ3) is 6.53. The molecule has 2 aliphatic carbocycles. The topological polar surface area (TPSA) is 140 Å². The van der Waals surface area contributed by atoms with Crippen molar-refractivity contribution in [2.45, 2.75) is 102 Å². The zero-order chi connectivity index (χ0) is 28.9. The monoisotopic (exact) mass is 549 g/mol. The van der Waals surface area contributed by atoms with E-state index in [0.29, 0.717) is 6.42 Å². The van der Waals surface area contributed by atoms with Gasteiger partial charge in [-0.25, -0.2) is 8.78 Å². The third-order valence-corrected chi connectivity index (χ3v) is 7.56. The summed E-state index contributed by atoms with van der Waals surface area (Å²) in [7, 11) is 0. The summed E-state index contributed by atoms with van der Waals surface area (Å²) < 4.78 is 66.5. The van der Waals surface area contributed by atoms with Crippen molar-refractivity contribution in [3.8, 4) is 6.07 Å². The summed E-state index contributed by atoms with van der Waals surface area (Å²) in [6.45, 7) is 5.34. The molecular weight excluding hydrogens is 517 g/mol. The highest BCUT2D eigenvalue weighted by Gasteiger charge is 2.68. The molecule has 3 fully saturated rings. The van der Waals surface area contributed by atoms with Crippen LogP contribution in [0.25, 0.3) is 0 Å². The summed E-state index contributed by atoms with van der Waals surface area (Å²) in [5.74, 6) is -8.46. The SMILES string of the molecule is CC(C)(C)C(NC(=O)C(F)(F)F)C(=O)NC(CC1(C)CC1(F)F)C(=O)NC(C#N)CC1CC2(CC2)NC1=O. The average molecular weight is 550 g/mol. The van der Waals surface area contributed by atoms with Crippen LogP contribution in [0.1, 0.15) is 66.2 Å². The molecule has 3 aliphatic rings. The number of amides is 4. The highest BCUT2D eigenvalue weighted by atomic mass is 19.4. The van der Waals surface area contributed by atoms with Gasteiger partial charge in [-0.1, -0.05) is 27.7 Å². The largest absolute Gasteiger partial charge is 0.471 e. The van der Waals surface area contributed by atoms with E-state index < -0.39 is 77.5 Å². The maximum atomic E-state index is 14.0. The van der Waals surface area contributed by atoms with Crippen molar-refractivity contribution in [3.63, 3.8) is 0 Å². The minimum absolute atomic E-state index is 0.0316. The standard InChI is InChI=1S/C24H32F5N5O4/c1-20(2,3)15(33-19(38)24(27,28)29)18(37)32-14(9-21(4)11-23(21,25)26)17(36)31-13(10-30)7-12-8-22(5-6-22)34-16(12)35/h12-15H,5-9,11H2,1-4H3,(H,31,36)(H,32,37)(H,33,38)(H,34,35). The number of nitrogens with one attached hydrogen (secondary N) is 4. The number of hydrogen-bond acceptors (Lipinski definition) is 5. The van der Waals surface area contributed by atoms with Gasteiger partial charge in [-0.05, 0) is 37.5 Å². The van der Waals surface area contributed by atoms with Crippen molar-refractivity contribution in [3.05, 3.63) is 0 Å². The molecule has 212 valence electrons. The fourth-order valence-corrected chi connectivity index (χ4v) is 4.82. The van der Waals surface area contributed by atoms with Gasteiger partial charge < -0.3 is 21.3 Å². The van der Waals surface area contributed by atoms with E-state index in [9.17, 15) is 46.4 Å². The van der Waals surface area contributed by atoms with Crippen LogP contribution in [0.15, 0.2) is 0 Å². The van der Waals surface area contributed by atoms with Gasteiger partial charge in [-0.2, -0.15) is 18.4 Å². The summed E-state index contributed by atoms with van der Waals surface area (Å²) in [5, 5.41) is 18.6. The molecule has 0 aromatic heterocycles. The van der Waals surface area contributed by atoms with Crippen LogP contribution >= 0.6 is 0 Å². The molecule has 0 radical (unpaired) electrons. The Morgan fingerprint density at radius 1 is 1.11 bits per heavy atom. The predicted molar refractivity (Wildman–Crippen MR) is 122 cm³/mol. The molecule has 0 aromatic carbocycles. The first-order valence-electron chi connectivity index (χ1n) is 12.3. The Hall–Kier alpha value is -2.98. The Kier molecular flexibility index (Phi) is 7.51. The van der Waals surface area contributed by atoms with E-state index in [1.165, 1.54) is 27.7 Å². The molecule has 3 rings (SSSR count). The average Bonchev–Trinajstić information content (AvgIpc) is 3.58. The fraction of sp³-hybridized carbons (Fsp3) is 0.792. The first-order valence-corrected chi connectivity index (χ1v) is 12.3. The van der Waals surface area contributed by atoms with Crippen LogP contribution in [0, 0.1) is 28.1 Å². The van der Waals surface area contributed by atoms with Gasteiger partial charge in [0.15, 0.2) is 0 Å². The van der Waals surface area contributed by atoms with E-state index in [-0.39, 0.29) is 17.9 Å². The summed E-state index contributed by atoms with van der Waals surface area (Å²) in [4.78, 5) is 49.9. The van der Waals surface area contributed by atoms with Crippen LogP contribution in [0.3, 0.4) is 0 Å². The van der Waals surface area contributed by atoms with E-state index in [4.69, 9.17) is 0 Å². The lowest BCUT2D eigenvalue weighted by molar-refractivity contribution is -0.175. The van der Waals surface area contributed by atoms with Crippen LogP contribution in [-0.4, -0.2) is 59.4 Å². The molecule has 1 saturated heterocycles. The van der Waals surface area contributed by atoms with Crippen molar-refractivity contribution in [2.24, 2.45) is 16.7 Å². The zero-order valence-corrected chi connectivity index (χ0v) is 21.5. The van der Waals surface area contributed by atoms with Gasteiger partial charge in [0.05, 0.1) is 6.07 Å². The lowest BCUT2D eigenvalue weighted by Crippen LogP contribution is -2.60. The molecule has 4 N–H and O–H groups in total. The molecule has 4 amide bonds. The molecule has 0 aromatic rings. The number of rotatable bonds is 9. The van der Waals surface area contributed by atoms with Crippen molar-refractivity contribution in [1.82, 2.24) is 21.3 Å². The number of alkyl halides is 5. The molecule has 2 saturated carbocycles. The van der Waals surface area contributed by atoms with Crippen LogP contribution in [0.5, 0.6) is 0 Å². The van der Waals surface area contributed by atoms with Gasteiger partial charge in [0.1, 0.15) is 18.1 Å². The van der Waals surface area contributed by atoms with E-state index in [1.54, 1.807) is 5.32 Å². The van der Waals surface area contributed by atoms with Crippen LogP contribution in [0.4, 0.5) is 22.0 Å². The Morgan fingerprint density at radius 3 is 2.11 bits per heavy atom. The van der Waals surface area contributed by atoms with Crippen molar-refractivity contribution >= 4 is 23.6 Å². The van der Waals surface area contributed by atoms with Crippen molar-refractivity contribution in [1.29, 1.82) is 5.26 Å². The first kappa shape index (κ1) is 29.6. The molecule has 14 heteroatoms. The van der Waals surface area contributed by atoms with Gasteiger partial charge in [0.2, 0.25) is 17.7 Å². The number of nitrogens with zero attached hydrogens (tertiary/aromatic N) is 1. The summed E-state index contributed by atoms with van der Waals surface area (Å²) in [6, 6.07) is -2.72. The van der Waals surface area contributed by atoms with Gasteiger partial charge in [-0.15, -0.1) is 0 Å². The smallest absolute Gasteiger partial charge is 0.350 e. The van der Waals surface area contributed by atoms with E-state index in [0.717, 1.165) is 12.8 Å². The quantitative estimate of drug-likeness (QED) is 0.326. The zero-order valence-electron chi connectivity index (χ0n) is 21.5. The normalized spacial score (nSPS) is 27.4. The number of nitriles is 1. The summed E-state index contributed by atoms with van der Waals surface area (Å²) in [6.07, 6.45) is -4.31. The minimum Gasteiger partial charge on any atom is -0.350 e. The maximum Gasteiger partial charge on any atom is 0.471 e. The second-order valence-electron chi connectivity index (χ2n) is 12.1. The molecule has 38 heavy (non-hydrogen) atoms. The molecule has 9 nitrogen and oxygen atoms in total. The van der Waals surface area contributed by atoms with Gasteiger partial charge in [0.25, 0.3) is 5.92 Å². The molecule has 5 atom stereocenters. The van der Waals surface area contributed by atoms with Gasteiger partial charge >= 0.3 is 12.1 Å². The molecular formula is C24H32F5N5O4. The Morgan fingerprint density at radius 2 is 1.68 bits per heavy atom. The van der Waals surface area contributed by atoms with E-state index >= 15 is 0 Å². The first-order chi connectivity index (χ1) is 17.2. The molecule has 1 spiro atoms. The summed E-state index contributed by atoms with van der Waals surface area (Å²) in [5.41, 5.74) is -3.18. The molecule has 1 heterocycles. The predicted octanol–water partition coefficient (Wildman–Crippen LogP) is 2.07. The molecule has 0 bridgehead atoms. The molecule has 5 unspecified atom stereocenters. The van der Waals surface area contributed by atoms with Crippen molar-refractivity contribution in [2.75, 3.05) is 0 Å². The van der Waals surface area contributed by atoms with Gasteiger partial charge in [-0.3, -0.25) is 19.2 Å². The molecule has 1 aliphatic heterocycles. The van der Waals surface area contributed by atoms with Crippen LogP contribution in [-0.2, 0) is 19.2 Å². The summed E-state index contributed by atoms with van der Waals surface area (Å²) >= 11 is 0. The number of carbonyl (C=O) groups is 4. The van der Waals surface area contributed by atoms with E-state index in [2.05, 4.69) is 16.0 Å². The van der Waals surface area contributed by atoms with Crippen LogP contribution < -0.4 is 21.3 Å². The lowest BCUT2D eigenvalue weighted by atomic mass is 9.85. The fourth-order valence-electron chi connectivity index (χ4n) is 4.82. The highest BCUT2D eigenvalue weighted by Crippen LogP contribution is 2.62. The second kappa shape index (κ2) is 9.64. The highest BCUT2D eigenvalue weighted by molar-refractivity contribution is 5.93. The Bertz CT molecular complexity index is 1050. The minimum atomic E-state index is -5.28. The van der Waals surface area contributed by atoms with Crippen molar-refractivity contribution < 1.29 is 41.1 Å². The Labute approximate surface area is 216 Å². The third-order valence-electron chi connectivity index (χ3n) is 7.56. The number of hydrogen-bond donors (Lipinski definition) is 4. The Balaban J connectivity index is 1.75. The number of halogens is 5. The maximum absolute atomic E-state index is 14.0.